The summed E-state index contributed by atoms with van der Waals surface area (Å²) in [5.41, 5.74) is 2.05. The van der Waals surface area contributed by atoms with Gasteiger partial charge in [0, 0.05) is 11.6 Å². The number of rotatable bonds is 5. The van der Waals surface area contributed by atoms with Crippen molar-refractivity contribution in [2.45, 2.75) is 46.5 Å². The second-order valence-electron chi connectivity index (χ2n) is 6.48. The van der Waals surface area contributed by atoms with Crippen molar-refractivity contribution in [3.05, 3.63) is 29.0 Å². The molecule has 0 aliphatic heterocycles. The van der Waals surface area contributed by atoms with Crippen molar-refractivity contribution in [1.29, 1.82) is 0 Å². The molecule has 0 aliphatic carbocycles. The summed E-state index contributed by atoms with van der Waals surface area (Å²) in [7, 11) is 0. The molecule has 0 saturated carbocycles. The van der Waals surface area contributed by atoms with Crippen molar-refractivity contribution in [2.75, 3.05) is 0 Å². The first-order chi connectivity index (χ1) is 9.81. The number of halogens is 2. The number of aromatic nitrogens is 2. The average molecular weight is 327 g/mol. The fourth-order valence-corrected chi connectivity index (χ4v) is 3.35. The molecule has 0 radical (unpaired) electrons. The predicted octanol–water partition coefficient (Wildman–Crippen LogP) is 5.92. The molecule has 2 rings (SSSR count). The number of fused-ring (bicyclic) bond motifs is 1. The monoisotopic (exact) mass is 326 g/mol. The van der Waals surface area contributed by atoms with Crippen LogP contribution in [0.15, 0.2) is 18.2 Å². The van der Waals surface area contributed by atoms with E-state index in [2.05, 4.69) is 32.3 Å². The lowest BCUT2D eigenvalue weighted by Gasteiger charge is -2.26. The number of alkyl halides is 1. The summed E-state index contributed by atoms with van der Waals surface area (Å²) in [5.74, 6) is 2.76. The molecule has 1 atom stereocenters. The Hall–Kier alpha value is -0.730. The summed E-state index contributed by atoms with van der Waals surface area (Å²) in [5, 5.41) is 0.598. The molecule has 116 valence electrons. The highest BCUT2D eigenvalue weighted by Gasteiger charge is 2.22. The van der Waals surface area contributed by atoms with Crippen molar-refractivity contribution in [1.82, 2.24) is 9.55 Å². The maximum atomic E-state index is 6.35. The summed E-state index contributed by atoms with van der Waals surface area (Å²) in [6, 6.07) is 5.88. The van der Waals surface area contributed by atoms with Gasteiger partial charge in [0.25, 0.3) is 0 Å². The maximum absolute atomic E-state index is 6.35. The summed E-state index contributed by atoms with van der Waals surface area (Å²) in [6.07, 6.45) is 0. The van der Waals surface area contributed by atoms with Crippen LogP contribution < -0.4 is 0 Å². The van der Waals surface area contributed by atoms with Gasteiger partial charge in [-0.2, -0.15) is 0 Å². The van der Waals surface area contributed by atoms with Crippen LogP contribution in [0.5, 0.6) is 0 Å². The second kappa shape index (κ2) is 6.58. The summed E-state index contributed by atoms with van der Waals surface area (Å²) in [4.78, 5) is 4.69. The highest BCUT2D eigenvalue weighted by Crippen LogP contribution is 2.30. The van der Waals surface area contributed by atoms with Crippen LogP contribution in [0.3, 0.4) is 0 Å². The molecule has 4 heteroatoms. The standard InChI is InChI=1S/C17H24Cl2N2/c1-10(2)14(11(3)4)9-21-16-7-6-13(19)8-15(16)20-17(21)12(5)18/h6-8,10-12,14H,9H2,1-5H3. The van der Waals surface area contributed by atoms with Crippen molar-refractivity contribution in [2.24, 2.45) is 17.8 Å². The Morgan fingerprint density at radius 1 is 1.10 bits per heavy atom. The van der Waals surface area contributed by atoms with E-state index in [0.29, 0.717) is 22.8 Å². The number of imidazole rings is 1. The maximum Gasteiger partial charge on any atom is 0.127 e. The Kier molecular flexibility index (Phi) is 5.21. The van der Waals surface area contributed by atoms with Crippen LogP contribution in [0.25, 0.3) is 11.0 Å². The van der Waals surface area contributed by atoms with Crippen LogP contribution in [-0.4, -0.2) is 9.55 Å². The minimum absolute atomic E-state index is 0.115. The Morgan fingerprint density at radius 2 is 1.71 bits per heavy atom. The smallest absolute Gasteiger partial charge is 0.127 e. The third kappa shape index (κ3) is 3.54. The normalized spacial score (nSPS) is 13.8. The van der Waals surface area contributed by atoms with Gasteiger partial charge in [-0.3, -0.25) is 0 Å². The minimum Gasteiger partial charge on any atom is -0.326 e. The van der Waals surface area contributed by atoms with Crippen LogP contribution >= 0.6 is 23.2 Å². The fraction of sp³-hybridized carbons (Fsp3) is 0.588. The van der Waals surface area contributed by atoms with E-state index in [1.165, 1.54) is 0 Å². The Balaban J connectivity index is 2.52. The van der Waals surface area contributed by atoms with Crippen molar-refractivity contribution in [3.63, 3.8) is 0 Å². The predicted molar refractivity (Wildman–Crippen MR) is 92.2 cm³/mol. The zero-order valence-corrected chi connectivity index (χ0v) is 14.9. The van der Waals surface area contributed by atoms with Gasteiger partial charge in [-0.1, -0.05) is 39.3 Å². The quantitative estimate of drug-likeness (QED) is 0.624. The molecule has 2 aromatic rings. The lowest BCUT2D eigenvalue weighted by atomic mass is 9.85. The van der Waals surface area contributed by atoms with Gasteiger partial charge in [0.15, 0.2) is 0 Å². The molecule has 0 saturated heterocycles. The van der Waals surface area contributed by atoms with Crippen LogP contribution in [0.4, 0.5) is 0 Å². The van der Waals surface area contributed by atoms with Gasteiger partial charge in [0.1, 0.15) is 5.82 Å². The Bertz CT molecular complexity index is 607. The highest BCUT2D eigenvalue weighted by atomic mass is 35.5. The van der Waals surface area contributed by atoms with Crippen LogP contribution in [-0.2, 0) is 6.54 Å². The first kappa shape index (κ1) is 16.6. The first-order valence-corrected chi connectivity index (χ1v) is 8.42. The molecule has 1 aromatic heterocycles. The van der Waals surface area contributed by atoms with Crippen LogP contribution in [0.1, 0.15) is 45.8 Å². The molecular formula is C17H24Cl2N2. The van der Waals surface area contributed by atoms with Crippen molar-refractivity contribution < 1.29 is 0 Å². The summed E-state index contributed by atoms with van der Waals surface area (Å²) < 4.78 is 2.27. The number of benzene rings is 1. The summed E-state index contributed by atoms with van der Waals surface area (Å²) in [6.45, 7) is 12.0. The number of hydrogen-bond acceptors (Lipinski definition) is 1. The van der Waals surface area contributed by atoms with Crippen LogP contribution in [0.2, 0.25) is 5.02 Å². The van der Waals surface area contributed by atoms with Gasteiger partial charge < -0.3 is 4.57 Å². The molecule has 21 heavy (non-hydrogen) atoms. The van der Waals surface area contributed by atoms with E-state index in [9.17, 15) is 0 Å². The molecule has 0 aliphatic rings. The van der Waals surface area contributed by atoms with Crippen LogP contribution in [0, 0.1) is 17.8 Å². The second-order valence-corrected chi connectivity index (χ2v) is 7.57. The van der Waals surface area contributed by atoms with E-state index in [0.717, 1.165) is 23.4 Å². The third-order valence-electron chi connectivity index (χ3n) is 4.20. The SMILES string of the molecule is CC(Cl)c1nc2cc(Cl)ccc2n1CC(C(C)C)C(C)C. The van der Waals surface area contributed by atoms with Gasteiger partial charge in [0.05, 0.1) is 16.4 Å². The number of hydrogen-bond donors (Lipinski definition) is 0. The molecule has 1 aromatic carbocycles. The molecule has 0 N–H and O–H groups in total. The molecule has 2 nitrogen and oxygen atoms in total. The minimum atomic E-state index is -0.115. The molecule has 1 heterocycles. The van der Waals surface area contributed by atoms with E-state index in [1.54, 1.807) is 0 Å². The first-order valence-electron chi connectivity index (χ1n) is 7.61. The largest absolute Gasteiger partial charge is 0.326 e. The summed E-state index contributed by atoms with van der Waals surface area (Å²) >= 11 is 12.4. The van der Waals surface area contributed by atoms with E-state index in [1.807, 2.05) is 25.1 Å². The van der Waals surface area contributed by atoms with E-state index >= 15 is 0 Å². The van der Waals surface area contributed by atoms with Gasteiger partial charge >= 0.3 is 0 Å². The topological polar surface area (TPSA) is 17.8 Å². The van der Waals surface area contributed by atoms with Gasteiger partial charge in [-0.25, -0.2) is 4.98 Å². The third-order valence-corrected chi connectivity index (χ3v) is 4.63. The zero-order valence-electron chi connectivity index (χ0n) is 13.4. The van der Waals surface area contributed by atoms with Gasteiger partial charge in [-0.15, -0.1) is 11.6 Å². The Morgan fingerprint density at radius 3 is 2.24 bits per heavy atom. The van der Waals surface area contributed by atoms with E-state index in [4.69, 9.17) is 28.2 Å². The van der Waals surface area contributed by atoms with Crippen molar-refractivity contribution in [3.8, 4) is 0 Å². The molecule has 1 unspecified atom stereocenters. The number of nitrogens with zero attached hydrogens (tertiary/aromatic N) is 2. The molecule has 0 spiro atoms. The molecular weight excluding hydrogens is 303 g/mol. The lowest BCUT2D eigenvalue weighted by Crippen LogP contribution is -2.23. The average Bonchev–Trinajstić information content (AvgIpc) is 2.72. The van der Waals surface area contributed by atoms with E-state index < -0.39 is 0 Å². The van der Waals surface area contributed by atoms with Gasteiger partial charge in [0.2, 0.25) is 0 Å². The molecule has 0 bridgehead atoms. The molecule has 0 amide bonds. The zero-order chi connectivity index (χ0) is 15.7. The lowest BCUT2D eigenvalue weighted by molar-refractivity contribution is 0.252. The highest BCUT2D eigenvalue weighted by molar-refractivity contribution is 6.31. The fourth-order valence-electron chi connectivity index (χ4n) is 3.02. The molecule has 0 fully saturated rings. The van der Waals surface area contributed by atoms with E-state index in [-0.39, 0.29) is 5.38 Å². The van der Waals surface area contributed by atoms with Gasteiger partial charge in [-0.05, 0) is 42.9 Å². The Labute approximate surface area is 137 Å². The van der Waals surface area contributed by atoms with Crippen molar-refractivity contribution >= 4 is 34.2 Å².